The van der Waals surface area contributed by atoms with E-state index in [-0.39, 0.29) is 0 Å². The van der Waals surface area contributed by atoms with Crippen LogP contribution in [0.15, 0.2) is 12.4 Å². The van der Waals surface area contributed by atoms with Crippen LogP contribution < -0.4 is 5.32 Å². The van der Waals surface area contributed by atoms with Crippen molar-refractivity contribution in [2.24, 2.45) is 11.3 Å². The maximum absolute atomic E-state index is 4.46. The molecule has 0 radical (unpaired) electrons. The van der Waals surface area contributed by atoms with Crippen LogP contribution in [-0.2, 0) is 6.54 Å². The predicted molar refractivity (Wildman–Crippen MR) is 81.3 cm³/mol. The molecule has 3 heteroatoms. The second-order valence-electron chi connectivity index (χ2n) is 6.98. The lowest BCUT2D eigenvalue weighted by Crippen LogP contribution is -2.27. The van der Waals surface area contributed by atoms with Gasteiger partial charge in [0.25, 0.3) is 0 Å². The Labute approximate surface area is 117 Å². The van der Waals surface area contributed by atoms with Crippen LogP contribution in [-0.4, -0.2) is 15.6 Å². The summed E-state index contributed by atoms with van der Waals surface area (Å²) in [5.41, 5.74) is 0.502. The van der Waals surface area contributed by atoms with E-state index in [1.54, 1.807) is 0 Å². The Hall–Kier alpha value is -0.990. The lowest BCUT2D eigenvalue weighted by molar-refractivity contribution is 0.198. The highest BCUT2D eigenvalue weighted by molar-refractivity contribution is 5.27. The van der Waals surface area contributed by atoms with Crippen LogP contribution >= 0.6 is 0 Å². The molecule has 1 N–H and O–H groups in total. The maximum Gasteiger partial charge on any atom is 0.202 e. The molecule has 108 valence electrons. The molecule has 3 nitrogen and oxygen atoms in total. The van der Waals surface area contributed by atoms with Gasteiger partial charge in [-0.25, -0.2) is 4.98 Å². The molecule has 1 heterocycles. The summed E-state index contributed by atoms with van der Waals surface area (Å²) < 4.78 is 2.33. The van der Waals surface area contributed by atoms with Crippen molar-refractivity contribution < 1.29 is 0 Å². The predicted octanol–water partition coefficient (Wildman–Crippen LogP) is 4.31. The average molecular weight is 263 g/mol. The molecule has 0 amide bonds. The largest absolute Gasteiger partial charge is 0.353 e. The maximum atomic E-state index is 4.46. The molecular formula is C16H29N3. The Morgan fingerprint density at radius 3 is 2.53 bits per heavy atom. The van der Waals surface area contributed by atoms with Crippen LogP contribution in [0.1, 0.15) is 59.8 Å². The van der Waals surface area contributed by atoms with E-state index in [0.717, 1.165) is 18.4 Å². The molecule has 19 heavy (non-hydrogen) atoms. The number of hydrogen-bond donors (Lipinski definition) is 1. The Morgan fingerprint density at radius 2 is 1.95 bits per heavy atom. The van der Waals surface area contributed by atoms with Gasteiger partial charge in [-0.05, 0) is 44.4 Å². The zero-order valence-corrected chi connectivity index (χ0v) is 12.9. The van der Waals surface area contributed by atoms with Crippen LogP contribution in [0.25, 0.3) is 0 Å². The number of nitrogens with zero attached hydrogens (tertiary/aromatic N) is 2. The van der Waals surface area contributed by atoms with Crippen molar-refractivity contribution in [1.82, 2.24) is 9.55 Å². The first-order valence-corrected chi connectivity index (χ1v) is 7.78. The second-order valence-corrected chi connectivity index (χ2v) is 6.98. The van der Waals surface area contributed by atoms with Gasteiger partial charge in [-0.2, -0.15) is 0 Å². The van der Waals surface area contributed by atoms with Gasteiger partial charge in [0.15, 0.2) is 0 Å². The summed E-state index contributed by atoms with van der Waals surface area (Å²) in [6, 6.07) is 0.436. The number of imidazole rings is 1. The standard InChI is InChI=1S/C16H29N3/c1-13(2)11-16(7-5-6-8-16)12-19-10-9-17-15(19)18-14(3)4/h9-10,13-14H,5-8,11-12H2,1-4H3,(H,17,18). The molecule has 2 rings (SSSR count). The van der Waals surface area contributed by atoms with Crippen LogP contribution in [0.5, 0.6) is 0 Å². The minimum Gasteiger partial charge on any atom is -0.353 e. The summed E-state index contributed by atoms with van der Waals surface area (Å²) in [6.07, 6.45) is 10.9. The summed E-state index contributed by atoms with van der Waals surface area (Å²) in [6.45, 7) is 10.2. The number of rotatable bonds is 6. The van der Waals surface area contributed by atoms with Crippen LogP contribution in [0.4, 0.5) is 5.95 Å². The van der Waals surface area contributed by atoms with Crippen molar-refractivity contribution >= 4 is 5.95 Å². The Bertz CT molecular complexity index is 386. The summed E-state index contributed by atoms with van der Waals surface area (Å²) in [5, 5.41) is 3.45. The van der Waals surface area contributed by atoms with Crippen molar-refractivity contribution in [1.29, 1.82) is 0 Å². The Kier molecular flexibility index (Phi) is 4.54. The first-order chi connectivity index (χ1) is 9.01. The minimum atomic E-state index is 0.436. The summed E-state index contributed by atoms with van der Waals surface area (Å²) in [5.74, 6) is 1.81. The minimum absolute atomic E-state index is 0.436. The fraction of sp³-hybridized carbons (Fsp3) is 0.812. The lowest BCUT2D eigenvalue weighted by atomic mass is 9.78. The summed E-state index contributed by atoms with van der Waals surface area (Å²) >= 11 is 0. The molecule has 1 aliphatic carbocycles. The Balaban J connectivity index is 2.11. The molecule has 1 aromatic rings. The zero-order chi connectivity index (χ0) is 13.9. The molecule has 1 fully saturated rings. The molecule has 0 bridgehead atoms. The van der Waals surface area contributed by atoms with Gasteiger partial charge in [-0.15, -0.1) is 0 Å². The number of anilines is 1. The zero-order valence-electron chi connectivity index (χ0n) is 12.9. The van der Waals surface area contributed by atoms with Crippen molar-refractivity contribution in [2.45, 2.75) is 72.4 Å². The normalized spacial score (nSPS) is 18.4. The summed E-state index contributed by atoms with van der Waals surface area (Å²) in [4.78, 5) is 4.46. The number of nitrogens with one attached hydrogen (secondary N) is 1. The quantitative estimate of drug-likeness (QED) is 0.829. The average Bonchev–Trinajstić information content (AvgIpc) is 2.89. The molecule has 0 atom stereocenters. The third-order valence-electron chi connectivity index (χ3n) is 4.14. The van der Waals surface area contributed by atoms with Gasteiger partial charge < -0.3 is 9.88 Å². The van der Waals surface area contributed by atoms with Crippen molar-refractivity contribution in [3.05, 3.63) is 12.4 Å². The van der Waals surface area contributed by atoms with Crippen molar-refractivity contribution in [3.63, 3.8) is 0 Å². The molecule has 1 saturated carbocycles. The topological polar surface area (TPSA) is 29.9 Å². The Morgan fingerprint density at radius 1 is 1.26 bits per heavy atom. The van der Waals surface area contributed by atoms with E-state index in [4.69, 9.17) is 0 Å². The van der Waals surface area contributed by atoms with E-state index < -0.39 is 0 Å². The van der Waals surface area contributed by atoms with E-state index in [9.17, 15) is 0 Å². The van der Waals surface area contributed by atoms with Gasteiger partial charge in [0, 0.05) is 25.0 Å². The van der Waals surface area contributed by atoms with Gasteiger partial charge in [0.1, 0.15) is 0 Å². The van der Waals surface area contributed by atoms with Gasteiger partial charge in [-0.3, -0.25) is 0 Å². The van der Waals surface area contributed by atoms with Gasteiger partial charge in [0.05, 0.1) is 0 Å². The third kappa shape index (κ3) is 3.74. The molecule has 1 aromatic heterocycles. The fourth-order valence-corrected chi connectivity index (χ4v) is 3.61. The molecule has 0 unspecified atom stereocenters. The molecule has 0 aromatic carbocycles. The van der Waals surface area contributed by atoms with Crippen molar-refractivity contribution in [3.8, 4) is 0 Å². The van der Waals surface area contributed by atoms with Crippen LogP contribution in [0.2, 0.25) is 0 Å². The molecular weight excluding hydrogens is 234 g/mol. The fourth-order valence-electron chi connectivity index (χ4n) is 3.61. The number of hydrogen-bond acceptors (Lipinski definition) is 2. The van der Waals surface area contributed by atoms with Crippen LogP contribution in [0, 0.1) is 11.3 Å². The molecule has 0 saturated heterocycles. The number of aromatic nitrogens is 2. The highest BCUT2D eigenvalue weighted by Gasteiger charge is 2.35. The lowest BCUT2D eigenvalue weighted by Gasteiger charge is -2.32. The first kappa shape index (κ1) is 14.4. The summed E-state index contributed by atoms with van der Waals surface area (Å²) in [7, 11) is 0. The second kappa shape index (κ2) is 5.98. The third-order valence-corrected chi connectivity index (χ3v) is 4.14. The van der Waals surface area contributed by atoms with E-state index in [2.05, 4.69) is 48.8 Å². The SMILES string of the molecule is CC(C)CC1(Cn2ccnc2NC(C)C)CCCC1. The van der Waals surface area contributed by atoms with Crippen LogP contribution in [0.3, 0.4) is 0 Å². The van der Waals surface area contributed by atoms with E-state index in [0.29, 0.717) is 11.5 Å². The van der Waals surface area contributed by atoms with Crippen molar-refractivity contribution in [2.75, 3.05) is 5.32 Å². The smallest absolute Gasteiger partial charge is 0.202 e. The molecule has 0 aliphatic heterocycles. The van der Waals surface area contributed by atoms with Gasteiger partial charge in [0.2, 0.25) is 5.95 Å². The van der Waals surface area contributed by atoms with Gasteiger partial charge in [-0.1, -0.05) is 26.7 Å². The van der Waals surface area contributed by atoms with E-state index in [1.807, 2.05) is 6.20 Å². The molecule has 1 aliphatic rings. The molecule has 0 spiro atoms. The first-order valence-electron chi connectivity index (χ1n) is 7.78. The highest BCUT2D eigenvalue weighted by Crippen LogP contribution is 2.44. The monoisotopic (exact) mass is 263 g/mol. The highest BCUT2D eigenvalue weighted by atomic mass is 15.2. The van der Waals surface area contributed by atoms with E-state index >= 15 is 0 Å². The van der Waals surface area contributed by atoms with E-state index in [1.165, 1.54) is 32.1 Å². The van der Waals surface area contributed by atoms with Gasteiger partial charge >= 0.3 is 0 Å².